The van der Waals surface area contributed by atoms with Crippen molar-refractivity contribution >= 4 is 27.5 Å². The molecule has 2 nitrogen and oxygen atoms in total. The Morgan fingerprint density at radius 2 is 2.00 bits per heavy atom. The minimum atomic E-state index is -0.392. The molecular formula is C14H12BrClFNO. The fourth-order valence-electron chi connectivity index (χ4n) is 1.63. The van der Waals surface area contributed by atoms with Gasteiger partial charge in [0.25, 0.3) is 0 Å². The Morgan fingerprint density at radius 1 is 1.21 bits per heavy atom. The van der Waals surface area contributed by atoms with Gasteiger partial charge >= 0.3 is 0 Å². The van der Waals surface area contributed by atoms with E-state index in [2.05, 4.69) is 15.9 Å². The van der Waals surface area contributed by atoms with Crippen molar-refractivity contribution in [2.45, 2.75) is 6.42 Å². The van der Waals surface area contributed by atoms with Gasteiger partial charge in [-0.25, -0.2) is 4.39 Å². The molecule has 0 spiro atoms. The van der Waals surface area contributed by atoms with Gasteiger partial charge in [0.05, 0.1) is 5.02 Å². The second kappa shape index (κ2) is 6.37. The Balaban J connectivity index is 2.21. The lowest BCUT2D eigenvalue weighted by atomic mass is 10.1. The smallest absolute Gasteiger partial charge is 0.146 e. The van der Waals surface area contributed by atoms with Gasteiger partial charge in [-0.2, -0.15) is 0 Å². The first-order valence-electron chi connectivity index (χ1n) is 5.71. The summed E-state index contributed by atoms with van der Waals surface area (Å²) in [7, 11) is 0. The Labute approximate surface area is 124 Å². The molecule has 5 heteroatoms. The zero-order chi connectivity index (χ0) is 13.8. The fraction of sp³-hybridized carbons (Fsp3) is 0.143. The molecular weight excluding hydrogens is 333 g/mol. The molecule has 0 saturated heterocycles. The van der Waals surface area contributed by atoms with Crippen LogP contribution >= 0.6 is 27.5 Å². The lowest BCUT2D eigenvalue weighted by Crippen LogP contribution is -2.03. The molecule has 0 aliphatic rings. The van der Waals surface area contributed by atoms with Crippen LogP contribution < -0.4 is 10.5 Å². The van der Waals surface area contributed by atoms with E-state index in [1.54, 1.807) is 0 Å². The molecule has 0 heterocycles. The van der Waals surface area contributed by atoms with Gasteiger partial charge in [0.1, 0.15) is 17.3 Å². The predicted molar refractivity (Wildman–Crippen MR) is 78.4 cm³/mol. The highest BCUT2D eigenvalue weighted by molar-refractivity contribution is 9.10. The van der Waals surface area contributed by atoms with E-state index in [1.807, 2.05) is 18.2 Å². The van der Waals surface area contributed by atoms with Crippen molar-refractivity contribution in [1.82, 2.24) is 0 Å². The molecule has 0 radical (unpaired) electrons. The summed E-state index contributed by atoms with van der Waals surface area (Å²) in [6.45, 7) is 0.586. The molecule has 2 aromatic carbocycles. The molecule has 0 amide bonds. The second-order valence-electron chi connectivity index (χ2n) is 3.97. The number of ether oxygens (including phenoxy) is 1. The van der Waals surface area contributed by atoms with Crippen molar-refractivity contribution in [3.05, 3.63) is 57.3 Å². The maximum absolute atomic E-state index is 12.9. The van der Waals surface area contributed by atoms with Crippen LogP contribution in [0, 0.1) is 5.82 Å². The summed E-state index contributed by atoms with van der Waals surface area (Å²) >= 11 is 9.37. The number of halogens is 3. The highest BCUT2D eigenvalue weighted by atomic mass is 79.9. The van der Waals surface area contributed by atoms with E-state index in [0.29, 0.717) is 18.0 Å². The van der Waals surface area contributed by atoms with Crippen LogP contribution in [0.15, 0.2) is 40.9 Å². The quantitative estimate of drug-likeness (QED) is 0.884. The first-order valence-corrected chi connectivity index (χ1v) is 6.88. The summed E-state index contributed by atoms with van der Waals surface area (Å²) in [4.78, 5) is 0. The highest BCUT2D eigenvalue weighted by Crippen LogP contribution is 2.32. The van der Waals surface area contributed by atoms with Crippen LogP contribution in [0.25, 0.3) is 0 Å². The molecule has 2 rings (SSSR count). The Morgan fingerprint density at radius 3 is 2.63 bits per heavy atom. The van der Waals surface area contributed by atoms with Crippen LogP contribution in [0.5, 0.6) is 11.5 Å². The Kier molecular flexibility index (Phi) is 4.80. The first kappa shape index (κ1) is 14.3. The number of hydrogen-bond donors (Lipinski definition) is 1. The van der Waals surface area contributed by atoms with Crippen LogP contribution in [0.2, 0.25) is 5.02 Å². The van der Waals surface area contributed by atoms with Gasteiger partial charge in [0, 0.05) is 4.47 Å². The summed E-state index contributed by atoms with van der Waals surface area (Å²) in [6, 6.07) is 9.62. The average molecular weight is 345 g/mol. The summed E-state index contributed by atoms with van der Waals surface area (Å²) in [5.41, 5.74) is 6.63. The molecule has 0 unspecified atom stereocenters. The maximum Gasteiger partial charge on any atom is 0.146 e. The van der Waals surface area contributed by atoms with Gasteiger partial charge < -0.3 is 10.5 Å². The van der Waals surface area contributed by atoms with E-state index in [1.165, 1.54) is 18.2 Å². The van der Waals surface area contributed by atoms with Gasteiger partial charge in [0.15, 0.2) is 0 Å². The van der Waals surface area contributed by atoms with E-state index < -0.39 is 5.82 Å². The molecule has 0 fully saturated rings. The third-order valence-corrected chi connectivity index (χ3v) is 3.59. The Hall–Kier alpha value is -1.10. The molecule has 100 valence electrons. The third kappa shape index (κ3) is 3.69. The largest absolute Gasteiger partial charge is 0.456 e. The maximum atomic E-state index is 12.9. The summed E-state index contributed by atoms with van der Waals surface area (Å²) in [5.74, 6) is 0.652. The van der Waals surface area contributed by atoms with Crippen LogP contribution in [0.1, 0.15) is 5.56 Å². The molecule has 0 atom stereocenters. The molecule has 2 N–H and O–H groups in total. The van der Waals surface area contributed by atoms with Crippen molar-refractivity contribution in [3.63, 3.8) is 0 Å². The third-order valence-electron chi connectivity index (χ3n) is 2.56. The highest BCUT2D eigenvalue weighted by Gasteiger charge is 2.06. The number of hydrogen-bond acceptors (Lipinski definition) is 2. The van der Waals surface area contributed by atoms with Crippen LogP contribution in [0.3, 0.4) is 0 Å². The van der Waals surface area contributed by atoms with E-state index in [0.717, 1.165) is 16.5 Å². The van der Waals surface area contributed by atoms with Gasteiger partial charge in [0.2, 0.25) is 0 Å². The molecule has 0 aliphatic heterocycles. The lowest BCUT2D eigenvalue weighted by molar-refractivity contribution is 0.480. The molecule has 0 aliphatic carbocycles. The Bertz CT molecular complexity index is 592. The fourth-order valence-corrected chi connectivity index (χ4v) is 2.40. The molecule has 0 saturated carbocycles. The minimum absolute atomic E-state index is 0.238. The monoisotopic (exact) mass is 343 g/mol. The van der Waals surface area contributed by atoms with Gasteiger partial charge in [-0.3, -0.25) is 0 Å². The minimum Gasteiger partial charge on any atom is -0.456 e. The molecule has 0 bridgehead atoms. The number of benzene rings is 2. The zero-order valence-electron chi connectivity index (χ0n) is 10.00. The van der Waals surface area contributed by atoms with Gasteiger partial charge in [-0.15, -0.1) is 0 Å². The van der Waals surface area contributed by atoms with Crippen LogP contribution in [-0.4, -0.2) is 6.54 Å². The van der Waals surface area contributed by atoms with Crippen molar-refractivity contribution in [1.29, 1.82) is 0 Å². The van der Waals surface area contributed by atoms with Crippen molar-refractivity contribution in [2.75, 3.05) is 6.54 Å². The second-order valence-corrected chi connectivity index (χ2v) is 5.23. The summed E-state index contributed by atoms with van der Waals surface area (Å²) < 4.78 is 19.5. The SMILES string of the molecule is NCCc1ccc(Oc2ccc(F)cc2Cl)cc1Br. The zero-order valence-corrected chi connectivity index (χ0v) is 12.3. The average Bonchev–Trinajstić information content (AvgIpc) is 2.36. The first-order chi connectivity index (χ1) is 9.10. The van der Waals surface area contributed by atoms with Crippen molar-refractivity contribution in [2.24, 2.45) is 5.73 Å². The van der Waals surface area contributed by atoms with Gasteiger partial charge in [-0.05, 0) is 48.9 Å². The number of rotatable bonds is 4. The van der Waals surface area contributed by atoms with Crippen LogP contribution in [-0.2, 0) is 6.42 Å². The molecule has 2 aromatic rings. The van der Waals surface area contributed by atoms with E-state index in [9.17, 15) is 4.39 Å². The van der Waals surface area contributed by atoms with Crippen LogP contribution in [0.4, 0.5) is 4.39 Å². The normalized spacial score (nSPS) is 10.5. The standard InChI is InChI=1S/C14H12BrClFNO/c15-12-8-11(3-1-9(12)5-6-18)19-14-4-2-10(17)7-13(14)16/h1-4,7-8H,5-6,18H2. The van der Waals surface area contributed by atoms with Gasteiger partial charge in [-0.1, -0.05) is 33.6 Å². The summed E-state index contributed by atoms with van der Waals surface area (Å²) in [5, 5.41) is 0.238. The molecule has 19 heavy (non-hydrogen) atoms. The lowest BCUT2D eigenvalue weighted by Gasteiger charge is -2.10. The summed E-state index contributed by atoms with van der Waals surface area (Å²) in [6.07, 6.45) is 0.790. The van der Waals surface area contributed by atoms with E-state index in [-0.39, 0.29) is 5.02 Å². The van der Waals surface area contributed by atoms with E-state index in [4.69, 9.17) is 22.1 Å². The van der Waals surface area contributed by atoms with Crippen molar-refractivity contribution < 1.29 is 9.13 Å². The predicted octanol–water partition coefficient (Wildman–Crippen LogP) is 4.54. The van der Waals surface area contributed by atoms with E-state index >= 15 is 0 Å². The number of nitrogens with two attached hydrogens (primary N) is 1. The topological polar surface area (TPSA) is 35.2 Å². The molecule has 0 aromatic heterocycles. The van der Waals surface area contributed by atoms with Crippen molar-refractivity contribution in [3.8, 4) is 11.5 Å².